The summed E-state index contributed by atoms with van der Waals surface area (Å²) in [5.74, 6) is -1.08. The number of carbonyl (C=O) groups excluding carboxylic acids is 2. The lowest BCUT2D eigenvalue weighted by Gasteiger charge is -2.32. The van der Waals surface area contributed by atoms with Crippen molar-refractivity contribution < 1.29 is 22.4 Å². The van der Waals surface area contributed by atoms with Gasteiger partial charge in [0.05, 0.1) is 11.9 Å². The summed E-state index contributed by atoms with van der Waals surface area (Å²) in [4.78, 5) is 28.7. The lowest BCUT2D eigenvalue weighted by atomic mass is 10.0. The van der Waals surface area contributed by atoms with Crippen molar-refractivity contribution in [2.45, 2.75) is 51.7 Å². The van der Waals surface area contributed by atoms with Gasteiger partial charge in [-0.1, -0.05) is 60.1 Å². The van der Waals surface area contributed by atoms with E-state index >= 15 is 0 Å². The van der Waals surface area contributed by atoms with Crippen LogP contribution in [0.1, 0.15) is 37.8 Å². The van der Waals surface area contributed by atoms with Crippen LogP contribution < -0.4 is 9.62 Å². The second-order valence-electron chi connectivity index (χ2n) is 9.90. The largest absolute Gasteiger partial charge is 0.352 e. The third-order valence-electron chi connectivity index (χ3n) is 6.27. The van der Waals surface area contributed by atoms with Crippen molar-refractivity contribution in [3.05, 3.63) is 101 Å². The zero-order chi connectivity index (χ0) is 29.3. The molecule has 1 unspecified atom stereocenters. The topological polar surface area (TPSA) is 86.8 Å². The summed E-state index contributed by atoms with van der Waals surface area (Å²) in [6.45, 7) is 3.83. The summed E-state index contributed by atoms with van der Waals surface area (Å²) in [6.07, 6.45) is 1.53. The maximum atomic E-state index is 13.8. The first-order valence-electron chi connectivity index (χ1n) is 13.1. The molecule has 1 atom stereocenters. The average molecular weight is 588 g/mol. The van der Waals surface area contributed by atoms with Gasteiger partial charge in [0.2, 0.25) is 21.8 Å². The van der Waals surface area contributed by atoms with Crippen molar-refractivity contribution >= 4 is 39.1 Å². The van der Waals surface area contributed by atoms with E-state index in [0.29, 0.717) is 22.7 Å². The van der Waals surface area contributed by atoms with Crippen molar-refractivity contribution in [1.82, 2.24) is 10.2 Å². The molecule has 3 rings (SSSR count). The molecule has 0 heterocycles. The predicted octanol–water partition coefficient (Wildman–Crippen LogP) is 5.19. The van der Waals surface area contributed by atoms with Crippen LogP contribution in [0.15, 0.2) is 78.9 Å². The van der Waals surface area contributed by atoms with Gasteiger partial charge < -0.3 is 10.2 Å². The summed E-state index contributed by atoms with van der Waals surface area (Å²) in [5, 5.41) is 3.41. The third kappa shape index (κ3) is 9.06. The first kappa shape index (κ1) is 31.1. The number of hydrogen-bond acceptors (Lipinski definition) is 4. The van der Waals surface area contributed by atoms with E-state index in [0.717, 1.165) is 16.1 Å². The van der Waals surface area contributed by atoms with Crippen LogP contribution in [-0.4, -0.2) is 50.0 Å². The van der Waals surface area contributed by atoms with Crippen LogP contribution in [0.25, 0.3) is 0 Å². The van der Waals surface area contributed by atoms with Gasteiger partial charge in [-0.2, -0.15) is 0 Å². The average Bonchev–Trinajstić information content (AvgIpc) is 2.89. The molecule has 214 valence electrons. The summed E-state index contributed by atoms with van der Waals surface area (Å²) in [7, 11) is -3.68. The molecule has 0 bridgehead atoms. The second-order valence-corrected chi connectivity index (χ2v) is 12.2. The van der Waals surface area contributed by atoms with Crippen LogP contribution in [0.5, 0.6) is 0 Å². The lowest BCUT2D eigenvalue weighted by molar-refractivity contribution is -0.141. The Labute approximate surface area is 241 Å². The molecule has 0 fully saturated rings. The van der Waals surface area contributed by atoms with Gasteiger partial charge in [0.1, 0.15) is 11.9 Å². The Hall–Kier alpha value is -3.43. The maximum absolute atomic E-state index is 13.8. The number of amides is 2. The van der Waals surface area contributed by atoms with Crippen LogP contribution in [0, 0.1) is 5.82 Å². The molecule has 10 heteroatoms. The highest BCUT2D eigenvalue weighted by molar-refractivity contribution is 7.92. The molecule has 0 spiro atoms. The summed E-state index contributed by atoms with van der Waals surface area (Å²) in [6, 6.07) is 20.8. The van der Waals surface area contributed by atoms with Gasteiger partial charge in [-0.25, -0.2) is 12.8 Å². The Kier molecular flexibility index (Phi) is 11.1. The van der Waals surface area contributed by atoms with Gasteiger partial charge in [-0.15, -0.1) is 0 Å². The Morgan fingerprint density at radius 1 is 0.950 bits per heavy atom. The van der Waals surface area contributed by atoms with E-state index in [-0.39, 0.29) is 43.8 Å². The number of halogens is 2. The maximum Gasteiger partial charge on any atom is 0.243 e. The lowest BCUT2D eigenvalue weighted by Crippen LogP contribution is -2.51. The zero-order valence-electron chi connectivity index (χ0n) is 22.9. The molecule has 2 amide bonds. The highest BCUT2D eigenvalue weighted by Crippen LogP contribution is 2.23. The third-order valence-corrected chi connectivity index (χ3v) is 7.83. The molecule has 40 heavy (non-hydrogen) atoms. The van der Waals surface area contributed by atoms with Gasteiger partial charge in [0.15, 0.2) is 0 Å². The van der Waals surface area contributed by atoms with Crippen molar-refractivity contribution in [2.75, 3.05) is 17.1 Å². The van der Waals surface area contributed by atoms with Gasteiger partial charge in [-0.3, -0.25) is 13.9 Å². The monoisotopic (exact) mass is 587 g/mol. The first-order chi connectivity index (χ1) is 19.0. The van der Waals surface area contributed by atoms with Crippen LogP contribution in [0.2, 0.25) is 5.02 Å². The molecule has 0 saturated heterocycles. The minimum absolute atomic E-state index is 0.0116. The molecule has 0 aliphatic carbocycles. The summed E-state index contributed by atoms with van der Waals surface area (Å²) in [5.41, 5.74) is 1.89. The molecule has 7 nitrogen and oxygen atoms in total. The first-order valence-corrected chi connectivity index (χ1v) is 15.3. The smallest absolute Gasteiger partial charge is 0.243 e. The molecule has 3 aromatic carbocycles. The number of anilines is 1. The van der Waals surface area contributed by atoms with E-state index in [4.69, 9.17) is 11.6 Å². The van der Waals surface area contributed by atoms with Crippen molar-refractivity contribution in [3.63, 3.8) is 0 Å². The van der Waals surface area contributed by atoms with E-state index in [1.807, 2.05) is 56.3 Å². The SMILES string of the molecule is CC(C)NC(=O)C(Cc1ccccc1)N(Cc1ccccc1Cl)C(=O)CCCN(c1ccc(F)cc1)S(C)(=O)=O. The fourth-order valence-electron chi connectivity index (χ4n) is 4.36. The van der Waals surface area contributed by atoms with Gasteiger partial charge >= 0.3 is 0 Å². The number of rotatable bonds is 13. The Morgan fingerprint density at radius 2 is 1.57 bits per heavy atom. The standard InChI is InChI=1S/C30H35ClFN3O4S/c1-22(2)33-30(37)28(20-23-10-5-4-6-11-23)34(21-24-12-7-8-13-27(24)31)29(36)14-9-19-35(40(3,38)39)26-17-15-25(32)16-18-26/h4-8,10-13,15-18,22,28H,9,14,19-21H2,1-3H3,(H,33,37). The van der Waals surface area contributed by atoms with E-state index in [9.17, 15) is 22.4 Å². The number of benzene rings is 3. The summed E-state index contributed by atoms with van der Waals surface area (Å²) < 4.78 is 39.5. The molecule has 0 aromatic heterocycles. The van der Waals surface area contributed by atoms with E-state index in [2.05, 4.69) is 5.32 Å². The summed E-state index contributed by atoms with van der Waals surface area (Å²) >= 11 is 6.44. The molecule has 3 aromatic rings. The van der Waals surface area contributed by atoms with Gasteiger partial charge in [-0.05, 0) is 61.7 Å². The van der Waals surface area contributed by atoms with Gasteiger partial charge in [0, 0.05) is 37.0 Å². The van der Waals surface area contributed by atoms with Crippen molar-refractivity contribution in [2.24, 2.45) is 0 Å². The highest BCUT2D eigenvalue weighted by Gasteiger charge is 2.31. The Balaban J connectivity index is 1.88. The molecular weight excluding hydrogens is 553 g/mol. The molecule has 1 N–H and O–H groups in total. The number of sulfonamides is 1. The molecular formula is C30H35ClFN3O4S. The fraction of sp³-hybridized carbons (Fsp3) is 0.333. The molecule has 0 aliphatic heterocycles. The number of carbonyl (C=O) groups is 2. The van der Waals surface area contributed by atoms with Crippen LogP contribution >= 0.6 is 11.6 Å². The van der Waals surface area contributed by atoms with E-state index in [1.165, 1.54) is 29.2 Å². The van der Waals surface area contributed by atoms with Crippen LogP contribution in [0.3, 0.4) is 0 Å². The van der Waals surface area contributed by atoms with Gasteiger partial charge in [0.25, 0.3) is 0 Å². The van der Waals surface area contributed by atoms with Crippen LogP contribution in [-0.2, 0) is 32.6 Å². The minimum atomic E-state index is -3.68. The Bertz CT molecular complexity index is 1390. The number of hydrogen-bond donors (Lipinski definition) is 1. The quantitative estimate of drug-likeness (QED) is 0.298. The predicted molar refractivity (Wildman–Crippen MR) is 157 cm³/mol. The fourth-order valence-corrected chi connectivity index (χ4v) is 5.52. The number of nitrogens with one attached hydrogen (secondary N) is 1. The van der Waals surface area contributed by atoms with E-state index in [1.54, 1.807) is 12.1 Å². The highest BCUT2D eigenvalue weighted by atomic mass is 35.5. The Morgan fingerprint density at radius 3 is 2.17 bits per heavy atom. The second kappa shape index (κ2) is 14.3. The van der Waals surface area contributed by atoms with Crippen LogP contribution in [0.4, 0.5) is 10.1 Å². The van der Waals surface area contributed by atoms with Crippen molar-refractivity contribution in [3.8, 4) is 0 Å². The molecule has 0 saturated carbocycles. The number of nitrogens with zero attached hydrogens (tertiary/aromatic N) is 2. The zero-order valence-corrected chi connectivity index (χ0v) is 24.5. The van der Waals surface area contributed by atoms with E-state index < -0.39 is 21.9 Å². The van der Waals surface area contributed by atoms with Crippen molar-refractivity contribution in [1.29, 1.82) is 0 Å². The normalized spacial score (nSPS) is 12.2. The minimum Gasteiger partial charge on any atom is -0.352 e. The molecule has 0 radical (unpaired) electrons. The molecule has 0 aliphatic rings.